The summed E-state index contributed by atoms with van der Waals surface area (Å²) in [5.74, 6) is 0. The van der Waals surface area contributed by atoms with E-state index >= 15 is 0 Å². The summed E-state index contributed by atoms with van der Waals surface area (Å²) < 4.78 is 0. The van der Waals surface area contributed by atoms with Crippen LogP contribution in [0.2, 0.25) is 0 Å². The number of halogens is 2. The minimum absolute atomic E-state index is 0. The van der Waals surface area contributed by atoms with E-state index in [-0.39, 0.29) is 35.8 Å². The van der Waals surface area contributed by atoms with Crippen LogP contribution in [-0.4, -0.2) is 30.9 Å². The molecule has 0 amide bonds. The van der Waals surface area contributed by atoms with Gasteiger partial charge in [-0.05, 0) is 81.8 Å². The van der Waals surface area contributed by atoms with E-state index in [0.717, 1.165) is 89.4 Å². The number of nitrogens with one attached hydrogen (secondary N) is 2. The first-order valence-electron chi connectivity index (χ1n) is 16.2. The van der Waals surface area contributed by atoms with Crippen LogP contribution in [0.3, 0.4) is 0 Å². The van der Waals surface area contributed by atoms with Crippen LogP contribution in [0.25, 0.3) is 90.9 Å². The summed E-state index contributed by atoms with van der Waals surface area (Å²) >= 11 is 0. The fourth-order valence-electron chi connectivity index (χ4n) is 6.84. The first kappa shape index (κ1) is 35.1. The van der Waals surface area contributed by atoms with Crippen molar-refractivity contribution in [2.45, 2.75) is 0 Å². The number of rotatable bonds is 4. The van der Waals surface area contributed by atoms with Crippen LogP contribution in [0.5, 0.6) is 0 Å². The number of benzene rings is 4. The zero-order chi connectivity index (χ0) is 31.9. The Kier molecular flexibility index (Phi) is 10.3. The molecule has 2 N–H and O–H groups in total. The molecule has 5 heterocycles. The van der Waals surface area contributed by atoms with E-state index in [2.05, 4.69) is 156 Å². The predicted octanol–water partition coefficient (Wildman–Crippen LogP) is 10.7. The molecule has 4 aromatic carbocycles. The maximum atomic E-state index is 5.35. The van der Waals surface area contributed by atoms with Crippen LogP contribution in [-0.2, 0) is 0 Å². The molecule has 0 saturated heterocycles. The van der Waals surface area contributed by atoms with Gasteiger partial charge in [-0.1, -0.05) is 121 Å². The average molecular weight is 720 g/mol. The minimum Gasteiger partial charge on any atom is -0.354 e. The Bertz CT molecular complexity index is 2190. The molecule has 51 heavy (non-hydrogen) atoms. The van der Waals surface area contributed by atoms with Crippen LogP contribution < -0.4 is 0 Å². The zero-order valence-corrected chi connectivity index (χ0v) is 28.5. The maximum Gasteiger partial charge on any atom is 0.0737 e. The highest BCUT2D eigenvalue weighted by molar-refractivity contribution is 5.99. The molecule has 7 heteroatoms. The first-order chi connectivity index (χ1) is 23.8. The van der Waals surface area contributed by atoms with Gasteiger partial charge in [0.25, 0.3) is 0 Å². The Labute approximate surface area is 313 Å². The van der Waals surface area contributed by atoms with Gasteiger partial charge in [0.2, 0.25) is 0 Å². The lowest BCUT2D eigenvalue weighted by Gasteiger charge is -2.07. The summed E-state index contributed by atoms with van der Waals surface area (Å²) in [7, 11) is 0. The standard InChI is InChI=1S/C44H30N4.2ClH.H4Si/c1-5-13-29(14-6-1)41-33-21-23-35(45-33)42(30-15-7-2-8-16-30)37-25-27-39(47-37)44(32-19-11-4-12-20-32)40-28-26-38(48-40)43(31-17-9-3-10-18-31)36-24-22-34(41)46-36;;;/h1-28,45,48H;2*1H;1H4. The van der Waals surface area contributed by atoms with Crippen molar-refractivity contribution < 1.29 is 0 Å². The lowest BCUT2D eigenvalue weighted by atomic mass is 10.0. The lowest BCUT2D eigenvalue weighted by Crippen LogP contribution is -1.89. The molecule has 0 unspecified atom stereocenters. The molecule has 2 aliphatic heterocycles. The van der Waals surface area contributed by atoms with E-state index in [4.69, 9.17) is 9.97 Å². The van der Waals surface area contributed by atoms with E-state index < -0.39 is 0 Å². The van der Waals surface area contributed by atoms with Gasteiger partial charge in [0.05, 0.1) is 22.8 Å². The van der Waals surface area contributed by atoms with Crippen LogP contribution >= 0.6 is 24.8 Å². The Morgan fingerprint density at radius 3 is 0.725 bits per heavy atom. The SMILES string of the molecule is C1=Cc2nc1c(-c1ccccc1)c1ccc([nH]1)c(-c1ccccc1)c1nc(c(-c3ccccc3)c3ccc([nH]3)c2-c2ccccc2)C=C1.Cl.Cl.[SiH4]. The number of aromatic amines is 2. The van der Waals surface area contributed by atoms with Gasteiger partial charge in [0, 0.05) is 44.3 Å². The van der Waals surface area contributed by atoms with E-state index in [1.54, 1.807) is 0 Å². The van der Waals surface area contributed by atoms with Crippen LogP contribution in [0.15, 0.2) is 146 Å². The molecule has 0 fully saturated rings. The molecule has 9 rings (SSSR count). The number of aromatic nitrogens is 4. The Balaban J connectivity index is 0.00000149. The molecule has 0 atom stereocenters. The van der Waals surface area contributed by atoms with Gasteiger partial charge in [0.15, 0.2) is 0 Å². The van der Waals surface area contributed by atoms with Gasteiger partial charge in [-0.25, -0.2) is 9.97 Å². The molecular weight excluding hydrogens is 684 g/mol. The van der Waals surface area contributed by atoms with Crippen LogP contribution in [0, 0.1) is 0 Å². The highest BCUT2D eigenvalue weighted by atomic mass is 35.5. The topological polar surface area (TPSA) is 57.4 Å². The van der Waals surface area contributed by atoms with E-state index in [0.29, 0.717) is 0 Å². The Morgan fingerprint density at radius 1 is 0.294 bits per heavy atom. The van der Waals surface area contributed by atoms with E-state index in [9.17, 15) is 0 Å². The second-order valence-corrected chi connectivity index (χ2v) is 12.0. The zero-order valence-electron chi connectivity index (χ0n) is 26.9. The van der Waals surface area contributed by atoms with Gasteiger partial charge in [-0.3, -0.25) is 0 Å². The van der Waals surface area contributed by atoms with Gasteiger partial charge >= 0.3 is 0 Å². The molecule has 2 aliphatic rings. The summed E-state index contributed by atoms with van der Waals surface area (Å²) in [6, 6.07) is 50.7. The third kappa shape index (κ3) is 6.51. The monoisotopic (exact) mass is 718 g/mol. The maximum absolute atomic E-state index is 5.35. The number of H-pyrrole nitrogens is 2. The third-order valence-electron chi connectivity index (χ3n) is 9.00. The Morgan fingerprint density at radius 2 is 0.510 bits per heavy atom. The molecule has 4 nitrogen and oxygen atoms in total. The molecule has 8 bridgehead atoms. The smallest absolute Gasteiger partial charge is 0.0737 e. The lowest BCUT2D eigenvalue weighted by molar-refractivity contribution is 1.31. The number of hydrogen-bond donors (Lipinski definition) is 2. The van der Waals surface area contributed by atoms with Crippen molar-refractivity contribution in [2.24, 2.45) is 0 Å². The number of hydrogen-bond acceptors (Lipinski definition) is 2. The summed E-state index contributed by atoms with van der Waals surface area (Å²) in [4.78, 5) is 18.3. The summed E-state index contributed by atoms with van der Waals surface area (Å²) in [6.07, 6.45) is 8.54. The molecule has 7 aromatic rings. The second kappa shape index (κ2) is 15.0. The van der Waals surface area contributed by atoms with Gasteiger partial charge in [-0.15, -0.1) is 24.8 Å². The predicted molar refractivity (Wildman–Crippen MR) is 226 cm³/mol. The molecule has 0 aliphatic carbocycles. The van der Waals surface area contributed by atoms with Crippen LogP contribution in [0.1, 0.15) is 22.8 Å². The highest BCUT2D eigenvalue weighted by Gasteiger charge is 2.18. The molecule has 0 saturated carbocycles. The fourth-order valence-corrected chi connectivity index (χ4v) is 6.84. The summed E-state index contributed by atoms with van der Waals surface area (Å²) in [5.41, 5.74) is 16.2. The normalized spacial score (nSPS) is 11.3. The molecule has 250 valence electrons. The number of fused-ring (bicyclic) bond motifs is 8. The fraction of sp³-hybridized carbons (Fsp3) is 0. The summed E-state index contributed by atoms with van der Waals surface area (Å²) in [5, 5.41) is 0. The third-order valence-corrected chi connectivity index (χ3v) is 9.00. The second-order valence-electron chi connectivity index (χ2n) is 12.0. The largest absolute Gasteiger partial charge is 0.354 e. The quantitative estimate of drug-likeness (QED) is 0.178. The highest BCUT2D eigenvalue weighted by Crippen LogP contribution is 2.38. The number of nitrogens with zero attached hydrogens (tertiary/aromatic N) is 2. The van der Waals surface area contributed by atoms with E-state index in [1.807, 2.05) is 24.3 Å². The van der Waals surface area contributed by atoms with Crippen LogP contribution in [0.4, 0.5) is 0 Å². The van der Waals surface area contributed by atoms with Gasteiger partial charge < -0.3 is 9.97 Å². The van der Waals surface area contributed by atoms with Crippen molar-refractivity contribution in [1.82, 2.24) is 19.9 Å². The van der Waals surface area contributed by atoms with Crippen molar-refractivity contribution in [1.29, 1.82) is 0 Å². The van der Waals surface area contributed by atoms with Gasteiger partial charge in [0.1, 0.15) is 0 Å². The Hall–Kier alpha value is -5.72. The van der Waals surface area contributed by atoms with Crippen molar-refractivity contribution in [3.05, 3.63) is 168 Å². The minimum atomic E-state index is 0. The van der Waals surface area contributed by atoms with Gasteiger partial charge in [-0.2, -0.15) is 0 Å². The van der Waals surface area contributed by atoms with Crippen molar-refractivity contribution in [2.75, 3.05) is 0 Å². The van der Waals surface area contributed by atoms with Crippen molar-refractivity contribution >= 4 is 82.2 Å². The summed E-state index contributed by atoms with van der Waals surface area (Å²) in [6.45, 7) is 0. The van der Waals surface area contributed by atoms with Crippen molar-refractivity contribution in [3.8, 4) is 44.5 Å². The first-order valence-corrected chi connectivity index (χ1v) is 16.2. The molecule has 3 aromatic heterocycles. The van der Waals surface area contributed by atoms with E-state index in [1.165, 1.54) is 0 Å². The molecule has 0 spiro atoms. The molecule has 0 radical (unpaired) electrons. The van der Waals surface area contributed by atoms with Crippen molar-refractivity contribution in [3.63, 3.8) is 0 Å². The average Bonchev–Trinajstić information content (AvgIpc) is 3.98. The molecular formula is C44H36Cl2N4Si.